The lowest BCUT2D eigenvalue weighted by atomic mass is 9.84. The van der Waals surface area contributed by atoms with E-state index in [0.29, 0.717) is 24.1 Å². The lowest BCUT2D eigenvalue weighted by molar-refractivity contribution is -0.0194. The molecule has 0 aromatic rings. The zero-order valence-electron chi connectivity index (χ0n) is 12.3. The molecule has 5 unspecified atom stereocenters. The first-order chi connectivity index (χ1) is 8.90. The second kappa shape index (κ2) is 5.61. The molecular formula is C15H25FN2O. The van der Waals surface area contributed by atoms with E-state index < -0.39 is 12.3 Å². The van der Waals surface area contributed by atoms with Crippen molar-refractivity contribution in [3.8, 4) is 0 Å². The van der Waals surface area contributed by atoms with Crippen LogP contribution in [0.15, 0.2) is 11.8 Å². The van der Waals surface area contributed by atoms with E-state index in [9.17, 15) is 4.39 Å². The van der Waals surface area contributed by atoms with Gasteiger partial charge in [0, 0.05) is 36.6 Å². The van der Waals surface area contributed by atoms with E-state index in [1.165, 1.54) is 0 Å². The first-order valence-electron chi connectivity index (χ1n) is 7.17. The van der Waals surface area contributed by atoms with Crippen LogP contribution in [0.4, 0.5) is 4.39 Å². The van der Waals surface area contributed by atoms with Crippen molar-refractivity contribution in [1.29, 1.82) is 5.41 Å². The molecule has 0 bridgehead atoms. The van der Waals surface area contributed by atoms with E-state index in [1.54, 1.807) is 0 Å². The molecule has 1 aliphatic carbocycles. The second-order valence-corrected chi connectivity index (χ2v) is 6.16. The van der Waals surface area contributed by atoms with E-state index in [2.05, 4.69) is 31.9 Å². The van der Waals surface area contributed by atoms with Crippen LogP contribution in [0.2, 0.25) is 0 Å². The Hall–Kier alpha value is -0.900. The molecule has 19 heavy (non-hydrogen) atoms. The average Bonchev–Trinajstić information content (AvgIpc) is 2.33. The number of hydrogen-bond acceptors (Lipinski definition) is 3. The van der Waals surface area contributed by atoms with Crippen LogP contribution < -0.4 is 0 Å². The Bertz CT molecular complexity index is 368. The molecule has 0 spiro atoms. The summed E-state index contributed by atoms with van der Waals surface area (Å²) >= 11 is 0. The van der Waals surface area contributed by atoms with Gasteiger partial charge in [0.1, 0.15) is 12.3 Å². The van der Waals surface area contributed by atoms with Gasteiger partial charge in [0.15, 0.2) is 0 Å². The minimum absolute atomic E-state index is 0.0827. The molecule has 0 saturated heterocycles. The van der Waals surface area contributed by atoms with Crippen molar-refractivity contribution >= 4 is 5.71 Å². The molecule has 1 heterocycles. The highest BCUT2D eigenvalue weighted by atomic mass is 19.1. The van der Waals surface area contributed by atoms with Crippen molar-refractivity contribution in [2.45, 2.75) is 51.9 Å². The van der Waals surface area contributed by atoms with Gasteiger partial charge in [-0.25, -0.2) is 4.39 Å². The number of nitrogens with zero attached hydrogens (tertiary/aromatic N) is 1. The number of rotatable bonds is 2. The maximum absolute atomic E-state index is 14.1. The summed E-state index contributed by atoms with van der Waals surface area (Å²) in [5, 5.41) is 7.64. The van der Waals surface area contributed by atoms with Crippen LogP contribution in [0.1, 0.15) is 33.6 Å². The molecule has 2 aliphatic rings. The third-order valence-electron chi connectivity index (χ3n) is 4.65. The fourth-order valence-corrected chi connectivity index (χ4v) is 3.00. The summed E-state index contributed by atoms with van der Waals surface area (Å²) in [6.07, 6.45) is 1.52. The number of hydrogen-bond donors (Lipinski definition) is 1. The number of likely N-dealkylation sites (N-methyl/N-ethyl adjacent to an activating group) is 1. The molecule has 5 atom stereocenters. The monoisotopic (exact) mass is 268 g/mol. The maximum atomic E-state index is 14.1. The van der Waals surface area contributed by atoms with Gasteiger partial charge in [-0.2, -0.15) is 0 Å². The van der Waals surface area contributed by atoms with E-state index in [-0.39, 0.29) is 12.3 Å². The Morgan fingerprint density at radius 3 is 2.63 bits per heavy atom. The van der Waals surface area contributed by atoms with Crippen molar-refractivity contribution in [2.24, 2.45) is 11.8 Å². The predicted molar refractivity (Wildman–Crippen MR) is 75.2 cm³/mol. The quantitative estimate of drug-likeness (QED) is 0.835. The van der Waals surface area contributed by atoms with Gasteiger partial charge < -0.3 is 10.1 Å². The first-order valence-corrected chi connectivity index (χ1v) is 7.17. The summed E-state index contributed by atoms with van der Waals surface area (Å²) in [7, 11) is 2.09. The third-order valence-corrected chi connectivity index (χ3v) is 4.65. The van der Waals surface area contributed by atoms with Crippen molar-refractivity contribution in [3.05, 3.63) is 11.8 Å². The maximum Gasteiger partial charge on any atom is 0.142 e. The van der Waals surface area contributed by atoms with Gasteiger partial charge in [0.25, 0.3) is 0 Å². The Labute approximate surface area is 115 Å². The molecule has 0 aromatic carbocycles. The van der Waals surface area contributed by atoms with Crippen molar-refractivity contribution in [3.63, 3.8) is 0 Å². The highest BCUT2D eigenvalue weighted by Crippen LogP contribution is 2.32. The lowest BCUT2D eigenvalue weighted by Crippen LogP contribution is -2.43. The summed E-state index contributed by atoms with van der Waals surface area (Å²) < 4.78 is 20.1. The summed E-state index contributed by atoms with van der Waals surface area (Å²) in [6, 6.07) is 0.412. The zero-order valence-corrected chi connectivity index (χ0v) is 12.3. The molecule has 108 valence electrons. The number of halogens is 1. The van der Waals surface area contributed by atoms with E-state index in [1.807, 2.05) is 6.92 Å². The first kappa shape index (κ1) is 14.5. The fourth-order valence-electron chi connectivity index (χ4n) is 3.00. The number of nitrogens with one attached hydrogen (secondary N) is 1. The lowest BCUT2D eigenvalue weighted by Gasteiger charge is -2.39. The van der Waals surface area contributed by atoms with Crippen LogP contribution in [0.3, 0.4) is 0 Å². The van der Waals surface area contributed by atoms with Gasteiger partial charge in [-0.15, -0.1) is 0 Å². The average molecular weight is 268 g/mol. The fraction of sp³-hybridized carbons (Fsp3) is 0.800. The largest absolute Gasteiger partial charge is 0.491 e. The summed E-state index contributed by atoms with van der Waals surface area (Å²) in [5.74, 6) is 1.30. The molecule has 2 rings (SSSR count). The number of ether oxygens (including phenoxy) is 1. The minimum atomic E-state index is -1.04. The molecule has 1 saturated carbocycles. The van der Waals surface area contributed by atoms with Crippen molar-refractivity contribution in [1.82, 2.24) is 4.90 Å². The van der Waals surface area contributed by atoms with E-state index in [0.717, 1.165) is 12.3 Å². The standard InChI is InChI=1S/C15H25FN2O/c1-9-7-12(17)8-13(16)15(9)19-14-5-6-18(4)11(3)10(14)2/h5,9-11,13,15,17H,6-8H2,1-4H3. The number of alkyl halides is 1. The van der Waals surface area contributed by atoms with Gasteiger partial charge in [0.05, 0.1) is 5.76 Å². The highest BCUT2D eigenvalue weighted by Gasteiger charge is 2.37. The third kappa shape index (κ3) is 2.99. The van der Waals surface area contributed by atoms with Gasteiger partial charge in [-0.3, -0.25) is 4.90 Å². The molecule has 0 amide bonds. The molecule has 0 radical (unpaired) electrons. The molecule has 3 nitrogen and oxygen atoms in total. The van der Waals surface area contributed by atoms with Crippen LogP contribution in [0.25, 0.3) is 0 Å². The molecule has 0 aromatic heterocycles. The van der Waals surface area contributed by atoms with Crippen molar-refractivity contribution < 1.29 is 9.13 Å². The molecule has 1 fully saturated rings. The molecule has 4 heteroatoms. The van der Waals surface area contributed by atoms with Crippen LogP contribution >= 0.6 is 0 Å². The molecule has 1 aliphatic heterocycles. The van der Waals surface area contributed by atoms with Crippen LogP contribution in [0.5, 0.6) is 0 Å². The highest BCUT2D eigenvalue weighted by molar-refractivity contribution is 5.83. The molecular weight excluding hydrogens is 243 g/mol. The molecule has 1 N–H and O–H groups in total. The van der Waals surface area contributed by atoms with Gasteiger partial charge in [-0.05, 0) is 26.5 Å². The Morgan fingerprint density at radius 1 is 1.32 bits per heavy atom. The summed E-state index contributed by atoms with van der Waals surface area (Å²) in [6.45, 7) is 7.14. The van der Waals surface area contributed by atoms with Crippen LogP contribution in [0, 0.1) is 17.2 Å². The second-order valence-electron chi connectivity index (χ2n) is 6.16. The van der Waals surface area contributed by atoms with Crippen LogP contribution in [-0.4, -0.2) is 42.5 Å². The Morgan fingerprint density at radius 2 is 2.00 bits per heavy atom. The van der Waals surface area contributed by atoms with Gasteiger partial charge in [0.2, 0.25) is 0 Å². The predicted octanol–water partition coefficient (Wildman–Crippen LogP) is 3.01. The van der Waals surface area contributed by atoms with Crippen molar-refractivity contribution in [2.75, 3.05) is 13.6 Å². The van der Waals surface area contributed by atoms with Crippen LogP contribution in [-0.2, 0) is 4.74 Å². The SMILES string of the molecule is CC1CC(=N)CC(F)C1OC1=CCN(C)C(C)C1C. The summed E-state index contributed by atoms with van der Waals surface area (Å²) in [5.41, 5.74) is 0.513. The van der Waals surface area contributed by atoms with E-state index >= 15 is 0 Å². The Kier molecular flexibility index (Phi) is 4.29. The van der Waals surface area contributed by atoms with E-state index in [4.69, 9.17) is 10.1 Å². The van der Waals surface area contributed by atoms with Gasteiger partial charge in [-0.1, -0.05) is 13.8 Å². The Balaban J connectivity index is 2.06. The van der Waals surface area contributed by atoms with Gasteiger partial charge >= 0.3 is 0 Å². The minimum Gasteiger partial charge on any atom is -0.491 e. The topological polar surface area (TPSA) is 36.3 Å². The zero-order chi connectivity index (χ0) is 14.2. The summed E-state index contributed by atoms with van der Waals surface area (Å²) in [4.78, 5) is 2.27. The smallest absolute Gasteiger partial charge is 0.142 e. The normalized spacial score (nSPS) is 41.0.